The Hall–Kier alpha value is -2.53. The smallest absolute Gasteiger partial charge is 0.323 e. The van der Waals surface area contributed by atoms with Gasteiger partial charge in [-0.1, -0.05) is 44.2 Å². The highest BCUT2D eigenvalue weighted by Crippen LogP contribution is 2.62. The van der Waals surface area contributed by atoms with Gasteiger partial charge in [0.05, 0.1) is 37.7 Å². The van der Waals surface area contributed by atoms with E-state index in [1.807, 2.05) is 44.2 Å². The highest BCUT2D eigenvalue weighted by Gasteiger charge is 2.59. The molecule has 6 unspecified atom stereocenters. The molecule has 2 heterocycles. The molecule has 1 aromatic carbocycles. The third-order valence-corrected chi connectivity index (χ3v) is 10.5. The Morgan fingerprint density at radius 1 is 1.23 bits per heavy atom. The summed E-state index contributed by atoms with van der Waals surface area (Å²) in [4.78, 5) is 34.0. The summed E-state index contributed by atoms with van der Waals surface area (Å²) in [5, 5.41) is 28.1. The van der Waals surface area contributed by atoms with Crippen LogP contribution in [-0.2, 0) is 16.0 Å². The van der Waals surface area contributed by atoms with Gasteiger partial charge >= 0.3 is 6.03 Å². The first-order valence-electron chi connectivity index (χ1n) is 13.9. The third-order valence-electron chi connectivity index (χ3n) is 9.47. The highest BCUT2D eigenvalue weighted by molar-refractivity contribution is 7.15. The van der Waals surface area contributed by atoms with E-state index in [4.69, 9.17) is 9.72 Å². The fourth-order valence-electron chi connectivity index (χ4n) is 6.95. The van der Waals surface area contributed by atoms with Crippen LogP contribution in [0.3, 0.4) is 0 Å². The van der Waals surface area contributed by atoms with E-state index in [1.54, 1.807) is 4.90 Å². The van der Waals surface area contributed by atoms with E-state index >= 15 is 0 Å². The van der Waals surface area contributed by atoms with Crippen molar-refractivity contribution >= 4 is 28.4 Å². The molecule has 4 N–H and O–H groups in total. The summed E-state index contributed by atoms with van der Waals surface area (Å²) in [6, 6.07) is 9.54. The van der Waals surface area contributed by atoms with Crippen molar-refractivity contribution in [1.29, 1.82) is 0 Å². The second-order valence-corrected chi connectivity index (χ2v) is 12.9. The van der Waals surface area contributed by atoms with Gasteiger partial charge in [0, 0.05) is 35.7 Å². The molecule has 1 aromatic heterocycles. The van der Waals surface area contributed by atoms with Gasteiger partial charge in [-0.3, -0.25) is 10.1 Å². The number of fused-ring (bicyclic) bond motifs is 2. The summed E-state index contributed by atoms with van der Waals surface area (Å²) in [6.07, 6.45) is 1.55. The number of aliphatic hydroxyl groups is 2. The summed E-state index contributed by atoms with van der Waals surface area (Å²) in [7, 11) is 0. The molecule has 2 fully saturated rings. The number of hydrogen-bond donors (Lipinski definition) is 4. The molecule has 39 heavy (non-hydrogen) atoms. The number of nitrogens with zero attached hydrogens (tertiary/aromatic N) is 2. The van der Waals surface area contributed by atoms with Crippen LogP contribution in [0.4, 0.5) is 9.93 Å². The molecule has 1 saturated carbocycles. The predicted octanol–water partition coefficient (Wildman–Crippen LogP) is 3.69. The molecule has 212 valence electrons. The van der Waals surface area contributed by atoms with Gasteiger partial charge in [-0.25, -0.2) is 9.78 Å². The lowest BCUT2D eigenvalue weighted by Crippen LogP contribution is -2.57. The molecular formula is C29H40N4O5S. The van der Waals surface area contributed by atoms with E-state index in [9.17, 15) is 19.8 Å². The summed E-state index contributed by atoms with van der Waals surface area (Å²) >= 11 is 1.44. The average Bonchev–Trinajstić information content (AvgIpc) is 3.35. The number of hydrogen-bond acceptors (Lipinski definition) is 7. The average molecular weight is 557 g/mol. The molecule has 3 aliphatic rings. The largest absolute Gasteiger partial charge is 0.396 e. The minimum absolute atomic E-state index is 0.0427. The Morgan fingerprint density at radius 3 is 2.64 bits per heavy atom. The molecule has 5 rings (SSSR count). The molecule has 2 aromatic rings. The van der Waals surface area contributed by atoms with Crippen molar-refractivity contribution in [2.75, 3.05) is 38.2 Å². The SMILES string of the molecule is CC(NC(=O)CC1c2nc(NC(=O)N3CCOCC3)sc2CC2C(C)(CO)C(O)CCC12C)c1ccccc1. The molecule has 0 bridgehead atoms. The van der Waals surface area contributed by atoms with Gasteiger partial charge in [0.25, 0.3) is 0 Å². The molecule has 0 radical (unpaired) electrons. The maximum Gasteiger partial charge on any atom is 0.323 e. The lowest BCUT2D eigenvalue weighted by Gasteiger charge is -2.58. The van der Waals surface area contributed by atoms with Gasteiger partial charge < -0.3 is 25.2 Å². The van der Waals surface area contributed by atoms with Crippen LogP contribution >= 0.6 is 11.3 Å². The van der Waals surface area contributed by atoms with Crippen LogP contribution in [0.1, 0.15) is 68.1 Å². The summed E-state index contributed by atoms with van der Waals surface area (Å²) in [5.74, 6) is -0.315. The van der Waals surface area contributed by atoms with E-state index in [0.29, 0.717) is 44.3 Å². The van der Waals surface area contributed by atoms with Crippen molar-refractivity contribution in [2.24, 2.45) is 16.7 Å². The zero-order valence-electron chi connectivity index (χ0n) is 23.0. The number of urea groups is 1. The lowest BCUT2D eigenvalue weighted by molar-refractivity contribution is -0.144. The van der Waals surface area contributed by atoms with Gasteiger partial charge in [0.1, 0.15) is 0 Å². The molecule has 1 saturated heterocycles. The number of amides is 3. The second-order valence-electron chi connectivity index (χ2n) is 11.8. The minimum atomic E-state index is -0.696. The maximum atomic E-state index is 13.5. The first-order valence-corrected chi connectivity index (χ1v) is 14.7. The number of aromatic nitrogens is 1. The van der Waals surface area contributed by atoms with Crippen molar-refractivity contribution in [1.82, 2.24) is 15.2 Å². The first kappa shape index (κ1) is 28.0. The van der Waals surface area contributed by atoms with Crippen LogP contribution in [0.15, 0.2) is 30.3 Å². The van der Waals surface area contributed by atoms with Gasteiger partial charge in [0.2, 0.25) is 5.91 Å². The zero-order chi connectivity index (χ0) is 27.8. The van der Waals surface area contributed by atoms with Crippen LogP contribution in [0, 0.1) is 16.7 Å². The number of morpholine rings is 1. The number of benzene rings is 1. The second kappa shape index (κ2) is 11.2. The summed E-state index contributed by atoms with van der Waals surface area (Å²) in [6.45, 7) is 8.09. The number of rotatable bonds is 6. The van der Waals surface area contributed by atoms with Crippen molar-refractivity contribution in [2.45, 2.75) is 64.5 Å². The highest BCUT2D eigenvalue weighted by atomic mass is 32.1. The van der Waals surface area contributed by atoms with Crippen molar-refractivity contribution < 1.29 is 24.5 Å². The Bertz CT molecular complexity index is 1190. The third kappa shape index (κ3) is 5.31. The van der Waals surface area contributed by atoms with Crippen molar-refractivity contribution in [3.8, 4) is 0 Å². The monoisotopic (exact) mass is 556 g/mol. The minimum Gasteiger partial charge on any atom is -0.396 e. The van der Waals surface area contributed by atoms with Crippen LogP contribution in [0.25, 0.3) is 0 Å². The molecule has 6 atom stereocenters. The Morgan fingerprint density at radius 2 is 1.95 bits per heavy atom. The number of thiazole rings is 1. The Kier molecular flexibility index (Phi) is 8.01. The van der Waals surface area contributed by atoms with Gasteiger partial charge in [-0.15, -0.1) is 11.3 Å². The normalized spacial score (nSPS) is 31.1. The Labute approximate surface area is 234 Å². The van der Waals surface area contributed by atoms with Gasteiger partial charge in [-0.05, 0) is 43.1 Å². The maximum absolute atomic E-state index is 13.5. The number of carbonyl (C=O) groups is 2. The fraction of sp³-hybridized carbons (Fsp3) is 0.621. The van der Waals surface area contributed by atoms with Crippen LogP contribution in [-0.4, -0.2) is 71.0 Å². The Balaban J connectivity index is 1.44. The quantitative estimate of drug-likeness (QED) is 0.430. The lowest BCUT2D eigenvalue weighted by atomic mass is 9.47. The van der Waals surface area contributed by atoms with Crippen LogP contribution in [0.2, 0.25) is 0 Å². The molecule has 2 aliphatic carbocycles. The van der Waals surface area contributed by atoms with Crippen LogP contribution in [0.5, 0.6) is 0 Å². The number of nitrogens with one attached hydrogen (secondary N) is 2. The predicted molar refractivity (Wildman–Crippen MR) is 150 cm³/mol. The number of ether oxygens (including phenoxy) is 1. The van der Waals surface area contributed by atoms with E-state index in [2.05, 4.69) is 17.6 Å². The van der Waals surface area contributed by atoms with Gasteiger partial charge in [0.15, 0.2) is 5.13 Å². The van der Waals surface area contributed by atoms with Crippen molar-refractivity contribution in [3.05, 3.63) is 46.5 Å². The topological polar surface area (TPSA) is 124 Å². The molecule has 1 aliphatic heterocycles. The molecular weight excluding hydrogens is 516 g/mol. The number of aliphatic hydroxyl groups excluding tert-OH is 2. The number of anilines is 1. The zero-order valence-corrected chi connectivity index (χ0v) is 23.8. The van der Waals surface area contributed by atoms with Crippen LogP contribution < -0.4 is 10.6 Å². The van der Waals surface area contributed by atoms with E-state index in [-0.39, 0.29) is 48.3 Å². The van der Waals surface area contributed by atoms with E-state index in [1.165, 1.54) is 11.3 Å². The van der Waals surface area contributed by atoms with Crippen molar-refractivity contribution in [3.63, 3.8) is 0 Å². The fourth-order valence-corrected chi connectivity index (χ4v) is 8.01. The summed E-state index contributed by atoms with van der Waals surface area (Å²) < 4.78 is 5.36. The molecule has 9 nitrogen and oxygen atoms in total. The molecule has 3 amide bonds. The first-order chi connectivity index (χ1) is 18.7. The van der Waals surface area contributed by atoms with E-state index < -0.39 is 11.5 Å². The van der Waals surface area contributed by atoms with E-state index in [0.717, 1.165) is 22.6 Å². The summed E-state index contributed by atoms with van der Waals surface area (Å²) in [5.41, 5.74) is 0.846. The van der Waals surface area contributed by atoms with Gasteiger partial charge in [-0.2, -0.15) is 0 Å². The standard InChI is InChI=1S/C29H40N4O5S/c1-18(19-7-5-4-6-8-19)30-24(36)15-20-25-21(16-22-28(20,2)10-9-23(35)29(22,3)17-34)39-26(31-25)32-27(37)33-11-13-38-14-12-33/h4-8,18,20,22-23,34-35H,9-17H2,1-3H3,(H,30,36)(H,31,32,37). The molecule has 10 heteroatoms. The molecule has 0 spiro atoms. The number of carbonyl (C=O) groups excluding carboxylic acids is 2.